The monoisotopic (exact) mass is 855 g/mol. The number of carbonyl (C=O) groups is 2. The molecule has 6 fully saturated rings. The predicted octanol–water partition coefficient (Wildman–Crippen LogP) is 8.77. The van der Waals surface area contributed by atoms with Crippen molar-refractivity contribution in [3.05, 3.63) is 70.6 Å². The average Bonchev–Trinajstić information content (AvgIpc) is 4.08. The third kappa shape index (κ3) is 7.57. The number of hydrogen-bond acceptors (Lipinski definition) is 9. The number of amides is 2. The molecule has 5 saturated carbocycles. The highest BCUT2D eigenvalue weighted by molar-refractivity contribution is 5.94. The van der Waals surface area contributed by atoms with Gasteiger partial charge in [0.1, 0.15) is 5.75 Å². The summed E-state index contributed by atoms with van der Waals surface area (Å²) in [6.07, 6.45) is 18.4. The molecule has 12 nitrogen and oxygen atoms in total. The molecule has 12 heteroatoms. The second-order valence-corrected chi connectivity index (χ2v) is 21.0. The number of aryl methyl sites for hydroxylation is 1. The molecule has 3 heterocycles. The molecule has 2 aromatic carbocycles. The number of methoxy groups -OCH3 is 1. The van der Waals surface area contributed by atoms with Crippen LogP contribution in [0, 0.1) is 40.4 Å². The maximum Gasteiger partial charge on any atom is 0.257 e. The van der Waals surface area contributed by atoms with Crippen molar-refractivity contribution < 1.29 is 14.3 Å². The number of anilines is 4. The molecule has 1 aliphatic heterocycles. The Bertz CT molecular complexity index is 2480. The minimum Gasteiger partial charge on any atom is -0.494 e. The van der Waals surface area contributed by atoms with Crippen LogP contribution in [0.25, 0.3) is 16.7 Å². The SMILES string of the molecule is COc1cc(N2CCN(CCCCCCCCNC(=O)[C@@]34CC5CC6(C3)[C@](C)(C5)C[C@@]6(C)C4)CC2)ccc1Nc1ncc2c(C)cc(=O)n(-c3cccc(NC(=O)C4CC4)c3)c2n1. The molecule has 63 heavy (non-hydrogen) atoms. The lowest BCUT2D eigenvalue weighted by Gasteiger charge is -2.64. The number of piperazine rings is 1. The summed E-state index contributed by atoms with van der Waals surface area (Å²) in [5.74, 6) is 2.27. The average molecular weight is 855 g/mol. The summed E-state index contributed by atoms with van der Waals surface area (Å²) in [4.78, 5) is 54.0. The van der Waals surface area contributed by atoms with E-state index in [-0.39, 0.29) is 22.8 Å². The second kappa shape index (κ2) is 16.2. The fourth-order valence-electron chi connectivity index (χ4n) is 13.8. The lowest BCUT2D eigenvalue weighted by Crippen LogP contribution is -2.57. The first-order valence-electron chi connectivity index (χ1n) is 23.9. The number of benzene rings is 2. The van der Waals surface area contributed by atoms with Crippen LogP contribution in [-0.2, 0) is 9.59 Å². The number of nitrogens with zero attached hydrogens (tertiary/aromatic N) is 5. The van der Waals surface area contributed by atoms with Crippen LogP contribution in [0.2, 0.25) is 0 Å². The van der Waals surface area contributed by atoms with Crippen molar-refractivity contribution in [2.45, 2.75) is 111 Å². The Morgan fingerprint density at radius 2 is 1.65 bits per heavy atom. The first-order chi connectivity index (χ1) is 30.4. The van der Waals surface area contributed by atoms with Crippen LogP contribution in [0.5, 0.6) is 5.75 Å². The number of pyridine rings is 1. The molecule has 0 radical (unpaired) electrons. The van der Waals surface area contributed by atoms with E-state index in [1.54, 1.807) is 23.9 Å². The number of aromatic nitrogens is 3. The highest BCUT2D eigenvalue weighted by atomic mass is 16.5. The van der Waals surface area contributed by atoms with Gasteiger partial charge in [0.15, 0.2) is 5.65 Å². The molecule has 1 saturated heterocycles. The molecule has 2 amide bonds. The standard InChI is InChI=1S/C51H66N8O4/c1-34-24-43(60)59(39-13-11-12-37(25-39)54-45(61)36-14-15-36)44-40(34)30-53-47(56-44)55-41-17-16-38(26-42(41)63-4)58-22-20-57(21-23-58)19-10-8-6-5-7-9-18-52-46(62)50-28-35-27-48(2)31-49(3,32-50)51(48,29-35)33-50/h11-13,16-17,24-26,30,35-36H,5-10,14-15,18-23,27-29,31-33H2,1-4H3,(H,52,62)(H,54,61)(H,53,55,56)/t35?,48-,49+,50-,51?/m1/s1. The summed E-state index contributed by atoms with van der Waals surface area (Å²) in [5.41, 5.74) is 5.43. The molecule has 2 unspecified atom stereocenters. The fraction of sp³-hybridized carbons (Fsp3) is 0.588. The van der Waals surface area contributed by atoms with Gasteiger partial charge in [-0.05, 0) is 136 Å². The van der Waals surface area contributed by atoms with Crippen LogP contribution in [0.1, 0.15) is 109 Å². The van der Waals surface area contributed by atoms with E-state index in [1.165, 1.54) is 51.4 Å². The van der Waals surface area contributed by atoms with Gasteiger partial charge in [-0.25, -0.2) is 4.98 Å². The summed E-state index contributed by atoms with van der Waals surface area (Å²) in [5, 5.41) is 10.5. The normalized spacial score (nSPS) is 28.2. The van der Waals surface area contributed by atoms with Crippen molar-refractivity contribution in [2.75, 3.05) is 61.9 Å². The quantitative estimate of drug-likeness (QED) is 0.0892. The molecule has 2 aromatic heterocycles. The highest BCUT2D eigenvalue weighted by Crippen LogP contribution is 2.88. The van der Waals surface area contributed by atoms with Crippen LogP contribution in [0.4, 0.5) is 23.0 Å². The van der Waals surface area contributed by atoms with Crippen molar-refractivity contribution in [1.29, 1.82) is 0 Å². The van der Waals surface area contributed by atoms with E-state index in [4.69, 9.17) is 9.72 Å². The molecule has 1 spiro atoms. The smallest absolute Gasteiger partial charge is 0.257 e. The molecule has 5 atom stereocenters. The Hall–Kier alpha value is -4.97. The summed E-state index contributed by atoms with van der Waals surface area (Å²) in [6, 6.07) is 15.1. The van der Waals surface area contributed by atoms with Crippen molar-refractivity contribution in [2.24, 2.45) is 33.5 Å². The zero-order valence-corrected chi connectivity index (χ0v) is 37.9. The van der Waals surface area contributed by atoms with E-state index in [0.717, 1.165) is 106 Å². The van der Waals surface area contributed by atoms with Gasteiger partial charge in [-0.1, -0.05) is 45.6 Å². The maximum atomic E-state index is 13.6. The van der Waals surface area contributed by atoms with Gasteiger partial charge >= 0.3 is 0 Å². The topological polar surface area (TPSA) is 134 Å². The number of carbonyl (C=O) groups excluding carboxylic acids is 2. The van der Waals surface area contributed by atoms with Gasteiger partial charge in [0.05, 0.1) is 23.9 Å². The van der Waals surface area contributed by atoms with Crippen LogP contribution in [-0.4, -0.2) is 77.6 Å². The van der Waals surface area contributed by atoms with Gasteiger partial charge in [0.2, 0.25) is 17.8 Å². The van der Waals surface area contributed by atoms with E-state index in [1.807, 2.05) is 37.3 Å². The number of fused-ring (bicyclic) bond motifs is 3. The van der Waals surface area contributed by atoms with Crippen molar-refractivity contribution in [3.8, 4) is 11.4 Å². The first kappa shape index (κ1) is 42.0. The number of hydrogen-bond donors (Lipinski definition) is 3. The molecular weight excluding hydrogens is 789 g/mol. The second-order valence-electron chi connectivity index (χ2n) is 21.0. The number of unbranched alkanes of at least 4 members (excludes halogenated alkanes) is 5. The van der Waals surface area contributed by atoms with E-state index in [9.17, 15) is 14.4 Å². The molecule has 10 rings (SSSR count). The van der Waals surface area contributed by atoms with E-state index in [2.05, 4.69) is 56.7 Å². The summed E-state index contributed by atoms with van der Waals surface area (Å²) in [6.45, 7) is 12.9. The lowest BCUT2D eigenvalue weighted by molar-refractivity contribution is -0.157. The Kier molecular flexibility index (Phi) is 10.8. The molecule has 6 aliphatic rings. The predicted molar refractivity (Wildman–Crippen MR) is 249 cm³/mol. The van der Waals surface area contributed by atoms with Crippen LogP contribution >= 0.6 is 0 Å². The minimum atomic E-state index is -0.215. The van der Waals surface area contributed by atoms with Crippen molar-refractivity contribution in [1.82, 2.24) is 24.8 Å². The molecule has 4 aromatic rings. The van der Waals surface area contributed by atoms with Crippen molar-refractivity contribution in [3.63, 3.8) is 0 Å². The van der Waals surface area contributed by atoms with Gasteiger partial charge in [0.25, 0.3) is 5.56 Å². The summed E-state index contributed by atoms with van der Waals surface area (Å²) < 4.78 is 7.43. The van der Waals surface area contributed by atoms with Crippen LogP contribution in [0.15, 0.2) is 59.5 Å². The molecule has 334 valence electrons. The number of rotatable bonds is 17. The Labute approximate surface area is 372 Å². The largest absolute Gasteiger partial charge is 0.494 e. The van der Waals surface area contributed by atoms with Crippen LogP contribution < -0.4 is 31.1 Å². The maximum absolute atomic E-state index is 13.6. The Balaban J connectivity index is 0.669. The minimum absolute atomic E-state index is 0.0123. The molecular formula is C51H66N8O4. The van der Waals surface area contributed by atoms with Gasteiger partial charge in [0, 0.05) is 73.7 Å². The van der Waals surface area contributed by atoms with E-state index in [0.29, 0.717) is 50.9 Å². The van der Waals surface area contributed by atoms with Gasteiger partial charge < -0.3 is 25.6 Å². The molecule has 3 bridgehead atoms. The Morgan fingerprint density at radius 3 is 2.44 bits per heavy atom. The number of ether oxygens (including phenoxy) is 1. The van der Waals surface area contributed by atoms with Gasteiger partial charge in [-0.15, -0.1) is 0 Å². The zero-order chi connectivity index (χ0) is 43.6. The first-order valence-corrected chi connectivity index (χ1v) is 23.9. The fourth-order valence-corrected chi connectivity index (χ4v) is 13.8. The lowest BCUT2D eigenvalue weighted by atomic mass is 9.40. The Morgan fingerprint density at radius 1 is 0.857 bits per heavy atom. The summed E-state index contributed by atoms with van der Waals surface area (Å²) in [7, 11) is 1.67. The third-order valence-electron chi connectivity index (χ3n) is 16.6. The summed E-state index contributed by atoms with van der Waals surface area (Å²) >= 11 is 0. The van der Waals surface area contributed by atoms with Crippen LogP contribution in [0.3, 0.4) is 0 Å². The number of nitrogens with one attached hydrogen (secondary N) is 3. The highest BCUT2D eigenvalue weighted by Gasteiger charge is 2.81. The zero-order valence-electron chi connectivity index (χ0n) is 37.9. The third-order valence-corrected chi connectivity index (χ3v) is 16.6. The van der Waals surface area contributed by atoms with Crippen molar-refractivity contribution >= 4 is 45.9 Å². The van der Waals surface area contributed by atoms with Gasteiger partial charge in [-0.2, -0.15) is 4.98 Å². The van der Waals surface area contributed by atoms with E-state index >= 15 is 0 Å². The van der Waals surface area contributed by atoms with Gasteiger partial charge in [-0.3, -0.25) is 23.9 Å². The molecule has 5 aliphatic carbocycles. The molecule has 3 N–H and O–H groups in total. The van der Waals surface area contributed by atoms with E-state index < -0.39 is 0 Å².